The zero-order valence-electron chi connectivity index (χ0n) is 13.5. The van der Waals surface area contributed by atoms with Gasteiger partial charge in [-0.1, -0.05) is 24.3 Å². The number of ether oxygens (including phenoxy) is 1. The van der Waals surface area contributed by atoms with Crippen molar-refractivity contribution in [2.45, 2.75) is 6.92 Å². The van der Waals surface area contributed by atoms with Crippen molar-refractivity contribution >= 4 is 17.5 Å². The summed E-state index contributed by atoms with van der Waals surface area (Å²) >= 11 is 0. The summed E-state index contributed by atoms with van der Waals surface area (Å²) in [6, 6.07) is 13.7. The predicted octanol–water partition coefficient (Wildman–Crippen LogP) is 3.25. The molecule has 2 amide bonds. The van der Waals surface area contributed by atoms with Crippen LogP contribution in [0, 0.1) is 0 Å². The second-order valence-corrected chi connectivity index (χ2v) is 4.96. The summed E-state index contributed by atoms with van der Waals surface area (Å²) in [4.78, 5) is 24.6. The van der Waals surface area contributed by atoms with Crippen molar-refractivity contribution < 1.29 is 14.3 Å². The van der Waals surface area contributed by atoms with Crippen molar-refractivity contribution in [3.05, 3.63) is 72.3 Å². The molecule has 0 aliphatic carbocycles. The van der Waals surface area contributed by atoms with Crippen LogP contribution in [0.3, 0.4) is 0 Å². The van der Waals surface area contributed by atoms with Crippen LogP contribution in [0.2, 0.25) is 0 Å². The average molecular weight is 324 g/mol. The standard InChI is InChI=1S/C19H20N2O3/c1-3-12-20-19(23)16-10-5-6-11-17(16)21-18(22)14-8-7-9-15(13-14)24-4-2/h3,5-11,13H,1,4,12H2,2H3,(H,20,23)(H,21,22). The molecule has 0 bridgehead atoms. The maximum absolute atomic E-state index is 12.4. The number of para-hydroxylation sites is 1. The molecule has 2 aromatic carbocycles. The second-order valence-electron chi connectivity index (χ2n) is 4.96. The van der Waals surface area contributed by atoms with Crippen LogP contribution >= 0.6 is 0 Å². The topological polar surface area (TPSA) is 67.4 Å². The summed E-state index contributed by atoms with van der Waals surface area (Å²) in [6.45, 7) is 6.33. The molecule has 2 rings (SSSR count). The third-order valence-electron chi connectivity index (χ3n) is 3.23. The van der Waals surface area contributed by atoms with E-state index in [1.807, 2.05) is 6.92 Å². The molecular formula is C19H20N2O3. The molecule has 0 aliphatic rings. The lowest BCUT2D eigenvalue weighted by molar-refractivity contribution is 0.0959. The van der Waals surface area contributed by atoms with Crippen LogP contribution < -0.4 is 15.4 Å². The fourth-order valence-electron chi connectivity index (χ4n) is 2.14. The van der Waals surface area contributed by atoms with E-state index < -0.39 is 0 Å². The maximum Gasteiger partial charge on any atom is 0.255 e. The molecule has 24 heavy (non-hydrogen) atoms. The van der Waals surface area contributed by atoms with E-state index in [9.17, 15) is 9.59 Å². The molecule has 124 valence electrons. The molecule has 0 radical (unpaired) electrons. The smallest absolute Gasteiger partial charge is 0.255 e. The highest BCUT2D eigenvalue weighted by Gasteiger charge is 2.13. The highest BCUT2D eigenvalue weighted by atomic mass is 16.5. The molecule has 2 N–H and O–H groups in total. The highest BCUT2D eigenvalue weighted by molar-refractivity contribution is 6.09. The Hall–Kier alpha value is -3.08. The molecule has 0 unspecified atom stereocenters. The Kier molecular flexibility index (Phi) is 6.14. The molecule has 0 atom stereocenters. The van der Waals surface area contributed by atoms with Crippen molar-refractivity contribution in [1.82, 2.24) is 5.32 Å². The van der Waals surface area contributed by atoms with Crippen LogP contribution in [0.4, 0.5) is 5.69 Å². The lowest BCUT2D eigenvalue weighted by Gasteiger charge is -2.11. The van der Waals surface area contributed by atoms with Gasteiger partial charge < -0.3 is 15.4 Å². The SMILES string of the molecule is C=CCNC(=O)c1ccccc1NC(=O)c1cccc(OCC)c1. The molecular weight excluding hydrogens is 304 g/mol. The normalized spacial score (nSPS) is 9.88. The lowest BCUT2D eigenvalue weighted by atomic mass is 10.1. The number of hydrogen-bond acceptors (Lipinski definition) is 3. The largest absolute Gasteiger partial charge is 0.494 e. The zero-order valence-corrected chi connectivity index (χ0v) is 13.5. The monoisotopic (exact) mass is 324 g/mol. The van der Waals surface area contributed by atoms with Gasteiger partial charge in [-0.05, 0) is 37.3 Å². The Balaban J connectivity index is 2.18. The van der Waals surface area contributed by atoms with Crippen molar-refractivity contribution in [2.75, 3.05) is 18.5 Å². The first-order valence-corrected chi connectivity index (χ1v) is 7.68. The number of nitrogens with one attached hydrogen (secondary N) is 2. The van der Waals surface area contributed by atoms with E-state index in [1.54, 1.807) is 54.6 Å². The maximum atomic E-state index is 12.4. The number of carbonyl (C=O) groups excluding carboxylic acids is 2. The van der Waals surface area contributed by atoms with E-state index in [-0.39, 0.29) is 11.8 Å². The van der Waals surface area contributed by atoms with Crippen LogP contribution in [0.15, 0.2) is 61.2 Å². The molecule has 0 saturated carbocycles. The van der Waals surface area contributed by atoms with E-state index in [1.165, 1.54) is 0 Å². The third-order valence-corrected chi connectivity index (χ3v) is 3.23. The first kappa shape index (κ1) is 17.3. The summed E-state index contributed by atoms with van der Waals surface area (Å²) < 4.78 is 5.40. The van der Waals surface area contributed by atoms with Crippen LogP contribution in [-0.2, 0) is 0 Å². The van der Waals surface area contributed by atoms with Gasteiger partial charge in [0.2, 0.25) is 0 Å². The highest BCUT2D eigenvalue weighted by Crippen LogP contribution is 2.18. The van der Waals surface area contributed by atoms with Gasteiger partial charge >= 0.3 is 0 Å². The summed E-state index contributed by atoms with van der Waals surface area (Å²) in [5.74, 6) is 0.0524. The second kappa shape index (κ2) is 8.53. The van der Waals surface area contributed by atoms with Crippen LogP contribution in [0.5, 0.6) is 5.75 Å². The van der Waals surface area contributed by atoms with Gasteiger partial charge in [0, 0.05) is 12.1 Å². The average Bonchev–Trinajstić information content (AvgIpc) is 2.60. The van der Waals surface area contributed by atoms with Crippen molar-refractivity contribution in [3.8, 4) is 5.75 Å². The minimum absolute atomic E-state index is 0.270. The molecule has 0 saturated heterocycles. The molecule has 5 heteroatoms. The minimum Gasteiger partial charge on any atom is -0.494 e. The number of amides is 2. The van der Waals surface area contributed by atoms with Crippen LogP contribution in [0.1, 0.15) is 27.6 Å². The van der Waals surface area contributed by atoms with E-state index in [4.69, 9.17) is 4.74 Å². The Bertz CT molecular complexity index is 741. The minimum atomic E-state index is -0.305. The predicted molar refractivity (Wildman–Crippen MR) is 94.5 cm³/mol. The summed E-state index contributed by atoms with van der Waals surface area (Å²) in [6.07, 6.45) is 1.60. The number of hydrogen-bond donors (Lipinski definition) is 2. The molecule has 0 aromatic heterocycles. The molecule has 2 aromatic rings. The third kappa shape index (κ3) is 4.46. The van der Waals surface area contributed by atoms with Crippen molar-refractivity contribution in [2.24, 2.45) is 0 Å². The van der Waals surface area contributed by atoms with Gasteiger partial charge in [-0.25, -0.2) is 0 Å². The van der Waals surface area contributed by atoms with Gasteiger partial charge in [0.15, 0.2) is 0 Å². The Labute approximate surface area is 141 Å². The quantitative estimate of drug-likeness (QED) is 0.768. The van der Waals surface area contributed by atoms with Gasteiger partial charge in [-0.2, -0.15) is 0 Å². The van der Waals surface area contributed by atoms with E-state index >= 15 is 0 Å². The van der Waals surface area contributed by atoms with Gasteiger partial charge in [0.25, 0.3) is 11.8 Å². The number of rotatable bonds is 7. The van der Waals surface area contributed by atoms with Gasteiger partial charge in [0.1, 0.15) is 5.75 Å². The van der Waals surface area contributed by atoms with Gasteiger partial charge in [-0.3, -0.25) is 9.59 Å². The number of carbonyl (C=O) groups is 2. The zero-order chi connectivity index (χ0) is 17.4. The summed E-state index contributed by atoms with van der Waals surface area (Å²) in [7, 11) is 0. The molecule has 0 aliphatic heterocycles. The molecule has 0 spiro atoms. The van der Waals surface area contributed by atoms with E-state index in [2.05, 4.69) is 17.2 Å². The fourth-order valence-corrected chi connectivity index (χ4v) is 2.14. The Morgan fingerprint density at radius 3 is 2.67 bits per heavy atom. The lowest BCUT2D eigenvalue weighted by Crippen LogP contribution is -2.25. The summed E-state index contributed by atoms with van der Waals surface area (Å²) in [5.41, 5.74) is 1.31. The van der Waals surface area contributed by atoms with E-state index in [0.29, 0.717) is 35.7 Å². The Morgan fingerprint density at radius 1 is 1.12 bits per heavy atom. The van der Waals surface area contributed by atoms with Gasteiger partial charge in [-0.15, -0.1) is 6.58 Å². The Morgan fingerprint density at radius 2 is 1.92 bits per heavy atom. The first-order valence-electron chi connectivity index (χ1n) is 7.68. The number of anilines is 1. The molecule has 5 nitrogen and oxygen atoms in total. The van der Waals surface area contributed by atoms with Gasteiger partial charge in [0.05, 0.1) is 17.9 Å². The summed E-state index contributed by atoms with van der Waals surface area (Å²) in [5, 5.41) is 5.47. The molecule has 0 fully saturated rings. The fraction of sp³-hybridized carbons (Fsp3) is 0.158. The van der Waals surface area contributed by atoms with Crippen molar-refractivity contribution in [1.29, 1.82) is 0 Å². The first-order chi connectivity index (χ1) is 11.7. The van der Waals surface area contributed by atoms with Crippen molar-refractivity contribution in [3.63, 3.8) is 0 Å². The number of benzene rings is 2. The van der Waals surface area contributed by atoms with Crippen LogP contribution in [-0.4, -0.2) is 25.0 Å². The van der Waals surface area contributed by atoms with Crippen LogP contribution in [0.25, 0.3) is 0 Å². The molecule has 0 heterocycles. The van der Waals surface area contributed by atoms with E-state index in [0.717, 1.165) is 0 Å².